The van der Waals surface area contributed by atoms with Crippen LogP contribution in [0, 0.1) is 18.8 Å². The van der Waals surface area contributed by atoms with Crippen molar-refractivity contribution in [3.63, 3.8) is 0 Å². The summed E-state index contributed by atoms with van der Waals surface area (Å²) in [6.07, 6.45) is 1.70. The van der Waals surface area contributed by atoms with Crippen LogP contribution in [0.25, 0.3) is 10.4 Å². The Morgan fingerprint density at radius 1 is 1.69 bits per heavy atom. The van der Waals surface area contributed by atoms with Gasteiger partial charge in [0, 0.05) is 11.1 Å². The third-order valence-electron chi connectivity index (χ3n) is 1.34. The first-order chi connectivity index (χ1) is 6.33. The van der Waals surface area contributed by atoms with Crippen LogP contribution in [0.3, 0.4) is 0 Å². The maximum absolute atomic E-state index is 7.98. The number of hydrogen-bond donors (Lipinski definition) is 0. The Bertz CT molecular complexity index is 394. The lowest BCUT2D eigenvalue weighted by Crippen LogP contribution is -1.82. The number of azide groups is 1. The maximum atomic E-state index is 7.98. The molecule has 0 saturated carbocycles. The summed E-state index contributed by atoms with van der Waals surface area (Å²) in [7, 11) is 0. The van der Waals surface area contributed by atoms with Gasteiger partial charge in [0.25, 0.3) is 0 Å². The van der Waals surface area contributed by atoms with E-state index in [9.17, 15) is 0 Å². The summed E-state index contributed by atoms with van der Waals surface area (Å²) in [6, 6.07) is 3.78. The number of hydrogen-bond acceptors (Lipinski definition) is 2. The first-order valence-electron chi connectivity index (χ1n) is 3.75. The number of nitrogens with zero attached hydrogens (tertiary/aromatic N) is 4. The van der Waals surface area contributed by atoms with Crippen molar-refractivity contribution in [1.29, 1.82) is 0 Å². The average Bonchev–Trinajstić information content (AvgIpc) is 2.13. The minimum absolute atomic E-state index is 0.187. The normalized spacial score (nSPS) is 8.08. The van der Waals surface area contributed by atoms with Gasteiger partial charge in [0.15, 0.2) is 0 Å². The van der Waals surface area contributed by atoms with Crippen molar-refractivity contribution in [1.82, 2.24) is 4.98 Å². The Morgan fingerprint density at radius 3 is 3.23 bits per heavy atom. The van der Waals surface area contributed by atoms with Gasteiger partial charge in [0.1, 0.15) is 5.69 Å². The molecule has 0 fully saturated rings. The van der Waals surface area contributed by atoms with E-state index in [1.165, 1.54) is 0 Å². The van der Waals surface area contributed by atoms with Gasteiger partial charge in [0.05, 0.1) is 6.54 Å². The lowest BCUT2D eigenvalue weighted by molar-refractivity contribution is 1.23. The largest absolute Gasteiger partial charge is 0.248 e. The van der Waals surface area contributed by atoms with Gasteiger partial charge in [-0.3, -0.25) is 0 Å². The first-order valence-corrected chi connectivity index (χ1v) is 3.75. The molecule has 1 heterocycles. The van der Waals surface area contributed by atoms with E-state index in [-0.39, 0.29) is 6.54 Å². The Morgan fingerprint density at radius 2 is 2.54 bits per heavy atom. The smallest absolute Gasteiger partial charge is 0.113 e. The van der Waals surface area contributed by atoms with Crippen LogP contribution in [0.15, 0.2) is 23.4 Å². The summed E-state index contributed by atoms with van der Waals surface area (Å²) in [5.41, 5.74) is 9.80. The lowest BCUT2D eigenvalue weighted by Gasteiger charge is -1.90. The Labute approximate surface area is 76.2 Å². The predicted octanol–water partition coefficient (Wildman–Crippen LogP) is 2.05. The highest BCUT2D eigenvalue weighted by atomic mass is 15.1. The second-order valence-corrected chi connectivity index (χ2v) is 2.41. The maximum Gasteiger partial charge on any atom is 0.113 e. The van der Waals surface area contributed by atoms with Gasteiger partial charge in [-0.15, -0.1) is 0 Å². The fourth-order valence-corrected chi connectivity index (χ4v) is 0.802. The quantitative estimate of drug-likeness (QED) is 0.277. The lowest BCUT2D eigenvalue weighted by atomic mass is 10.2. The summed E-state index contributed by atoms with van der Waals surface area (Å²) in [4.78, 5) is 6.62. The average molecular weight is 172 g/mol. The number of pyridine rings is 1. The number of aryl methyl sites for hydroxylation is 1. The number of aromatic nitrogens is 1. The second-order valence-electron chi connectivity index (χ2n) is 2.41. The van der Waals surface area contributed by atoms with Crippen LogP contribution < -0.4 is 0 Å². The summed E-state index contributed by atoms with van der Waals surface area (Å²) in [5.74, 6) is 5.49. The summed E-state index contributed by atoms with van der Waals surface area (Å²) >= 11 is 0. The summed E-state index contributed by atoms with van der Waals surface area (Å²) in [5, 5.41) is 3.29. The molecule has 0 aromatic carbocycles. The van der Waals surface area contributed by atoms with E-state index in [1.54, 1.807) is 6.20 Å². The molecule has 1 rings (SSSR count). The standard InChI is InChI=1S/C9H8N4/c1-8-4-6-11-9(7-8)3-2-5-12-13-10/h4,6-7H,5H2,1H3. The van der Waals surface area contributed by atoms with Gasteiger partial charge in [-0.25, -0.2) is 4.98 Å². The zero-order valence-electron chi connectivity index (χ0n) is 7.23. The fraction of sp³-hybridized carbons (Fsp3) is 0.222. The molecule has 4 nitrogen and oxygen atoms in total. The molecule has 64 valence electrons. The van der Waals surface area contributed by atoms with E-state index in [0.29, 0.717) is 5.69 Å². The van der Waals surface area contributed by atoms with Crippen molar-refractivity contribution in [2.24, 2.45) is 5.11 Å². The number of rotatable bonds is 1. The minimum Gasteiger partial charge on any atom is -0.248 e. The highest BCUT2D eigenvalue weighted by molar-refractivity contribution is 5.30. The Kier molecular flexibility index (Phi) is 3.37. The molecular formula is C9H8N4. The van der Waals surface area contributed by atoms with Gasteiger partial charge in [-0.05, 0) is 36.1 Å². The van der Waals surface area contributed by atoms with Crippen LogP contribution in [0.5, 0.6) is 0 Å². The molecule has 0 saturated heterocycles. The van der Waals surface area contributed by atoms with E-state index >= 15 is 0 Å². The summed E-state index contributed by atoms with van der Waals surface area (Å²) in [6.45, 7) is 2.16. The highest BCUT2D eigenvalue weighted by Gasteiger charge is 1.86. The third kappa shape index (κ3) is 3.28. The molecular weight excluding hydrogens is 164 g/mol. The van der Waals surface area contributed by atoms with E-state index in [4.69, 9.17) is 5.53 Å². The van der Waals surface area contributed by atoms with Crippen LogP contribution in [-0.2, 0) is 0 Å². The summed E-state index contributed by atoms with van der Waals surface area (Å²) < 4.78 is 0. The molecule has 1 aromatic rings. The van der Waals surface area contributed by atoms with Crippen molar-refractivity contribution in [3.05, 3.63) is 40.0 Å². The van der Waals surface area contributed by atoms with Crippen LogP contribution in [0.4, 0.5) is 0 Å². The Hall–Kier alpha value is -1.98. The monoisotopic (exact) mass is 172 g/mol. The van der Waals surface area contributed by atoms with Crippen molar-refractivity contribution < 1.29 is 0 Å². The van der Waals surface area contributed by atoms with Gasteiger partial charge in [-0.2, -0.15) is 0 Å². The molecule has 0 spiro atoms. The Balaban J connectivity index is 2.71. The van der Waals surface area contributed by atoms with Gasteiger partial charge in [-0.1, -0.05) is 11.0 Å². The second kappa shape index (κ2) is 4.81. The van der Waals surface area contributed by atoms with Crippen LogP contribution in [-0.4, -0.2) is 11.5 Å². The predicted molar refractivity (Wildman–Crippen MR) is 49.9 cm³/mol. The highest BCUT2D eigenvalue weighted by Crippen LogP contribution is 1.97. The topological polar surface area (TPSA) is 61.7 Å². The zero-order chi connectivity index (χ0) is 9.52. The first kappa shape index (κ1) is 9.11. The molecule has 0 aliphatic heterocycles. The van der Waals surface area contributed by atoms with E-state index in [0.717, 1.165) is 5.56 Å². The molecule has 0 bridgehead atoms. The molecule has 4 heteroatoms. The van der Waals surface area contributed by atoms with E-state index in [2.05, 4.69) is 26.9 Å². The molecule has 1 aromatic heterocycles. The zero-order valence-corrected chi connectivity index (χ0v) is 7.23. The van der Waals surface area contributed by atoms with Crippen molar-refractivity contribution in [2.75, 3.05) is 6.54 Å². The molecule has 0 amide bonds. The molecule has 0 atom stereocenters. The molecule has 0 aliphatic rings. The van der Waals surface area contributed by atoms with Gasteiger partial charge >= 0.3 is 0 Å². The molecule has 0 aliphatic carbocycles. The van der Waals surface area contributed by atoms with Crippen LogP contribution in [0.1, 0.15) is 11.3 Å². The van der Waals surface area contributed by atoms with Crippen LogP contribution >= 0.6 is 0 Å². The molecule has 13 heavy (non-hydrogen) atoms. The van der Waals surface area contributed by atoms with Crippen molar-refractivity contribution >= 4 is 0 Å². The SMILES string of the molecule is Cc1ccnc(C#CCN=[N+]=[N-])c1. The van der Waals surface area contributed by atoms with E-state index < -0.39 is 0 Å². The third-order valence-corrected chi connectivity index (χ3v) is 1.34. The van der Waals surface area contributed by atoms with E-state index in [1.807, 2.05) is 19.1 Å². The van der Waals surface area contributed by atoms with Gasteiger partial charge < -0.3 is 0 Å². The fourth-order valence-electron chi connectivity index (χ4n) is 0.802. The minimum atomic E-state index is 0.187. The molecule has 0 radical (unpaired) electrons. The molecule has 0 unspecified atom stereocenters. The van der Waals surface area contributed by atoms with Crippen molar-refractivity contribution in [2.45, 2.75) is 6.92 Å². The van der Waals surface area contributed by atoms with Crippen molar-refractivity contribution in [3.8, 4) is 11.8 Å². The van der Waals surface area contributed by atoms with Crippen LogP contribution in [0.2, 0.25) is 0 Å². The molecule has 0 N–H and O–H groups in total. The van der Waals surface area contributed by atoms with Gasteiger partial charge in [0.2, 0.25) is 0 Å².